The second-order valence-corrected chi connectivity index (χ2v) is 53.1. The van der Waals surface area contributed by atoms with Crippen molar-refractivity contribution in [3.8, 4) is 21.1 Å². The molecule has 145 heavy (non-hydrogen) atoms. The number of thioether (sulfide) groups is 3. The molecular formula is C99H107N21O15S10. The number of allylic oxidation sites excluding steroid dienone is 2. The van der Waals surface area contributed by atoms with Gasteiger partial charge in [-0.3, -0.25) is 45.1 Å². The van der Waals surface area contributed by atoms with Crippen LogP contribution in [0.5, 0.6) is 0 Å². The van der Waals surface area contributed by atoms with Crippen LogP contribution in [0.15, 0.2) is 234 Å². The minimum Gasteiger partial charge on any atom is -0.381 e. The van der Waals surface area contributed by atoms with E-state index in [0.29, 0.717) is 69.9 Å². The first-order valence-electron chi connectivity index (χ1n) is 46.6. The average molecular weight is 2150 g/mol. The van der Waals surface area contributed by atoms with E-state index < -0.39 is 67.3 Å². The number of aryl methyl sites for hydroxylation is 5. The van der Waals surface area contributed by atoms with Crippen molar-refractivity contribution in [3.63, 3.8) is 0 Å². The molecule has 3 unspecified atom stereocenters. The van der Waals surface area contributed by atoms with Crippen LogP contribution >= 0.6 is 58.0 Å². The van der Waals surface area contributed by atoms with Crippen LogP contribution in [0, 0.1) is 61.7 Å². The number of hydrazone groups is 3. The molecule has 3 atom stereocenters. The molecule has 3 amide bonds. The summed E-state index contributed by atoms with van der Waals surface area (Å²) >= 11 is 4.78. The maximum Gasteiger partial charge on any atom is 0.283 e. The maximum absolute atomic E-state index is 13.2. The molecule has 9 aromatic rings. The third-order valence-corrected chi connectivity index (χ3v) is 41.4. The molecule has 14 heterocycles. The van der Waals surface area contributed by atoms with E-state index in [9.17, 15) is 66.1 Å². The summed E-state index contributed by atoms with van der Waals surface area (Å²) in [4.78, 5) is 78.0. The highest BCUT2D eigenvalue weighted by molar-refractivity contribution is 8.43. The molecule has 0 saturated carbocycles. The Bertz CT molecular complexity index is 7810. The van der Waals surface area contributed by atoms with Gasteiger partial charge in [0.25, 0.3) is 48.9 Å². The SMILES string of the molecule is CC1=Cc2ccc(C)cc2C1/C=C1/C(=N)N2N=C(S(=O)(=O)CC(C)C)SC2=NC1=O.CCc1ccc(/C=C2\C(=N)N3N=C(S(C)(=O)=O)SC3=NC2=O)cc1.Cc1ccc(C)c(N2CCN(S(=O)(=O)c3ccc(-c4ccc(=O)[nH]n4)s3)CC2)c1.Cc1ccc2c(c1)NC(C)C2/C=C1/C(=N)N2N=C(S(=O)(=O)CC(C)C)SC2=NC1=O.O=c1ccc(-c2ccc(S(=O)(=O)N3CCC(CN4CCc5ccccc5C4)CC3)s2)n[nH]1. The number of sulfonamides is 2. The van der Waals surface area contributed by atoms with E-state index in [2.05, 4.69) is 140 Å². The van der Waals surface area contributed by atoms with Crippen molar-refractivity contribution < 1.29 is 56.5 Å². The molecule has 0 radical (unpaired) electrons. The Morgan fingerprint density at radius 2 is 1.00 bits per heavy atom. The third kappa shape index (κ3) is 24.0. The Hall–Kier alpha value is -12.1. The Morgan fingerprint density at radius 3 is 1.53 bits per heavy atom. The van der Waals surface area contributed by atoms with Gasteiger partial charge in [0.1, 0.15) is 19.8 Å². The lowest BCUT2D eigenvalue weighted by Crippen LogP contribution is -2.48. The van der Waals surface area contributed by atoms with Crippen LogP contribution in [-0.2, 0) is 83.3 Å². The Labute approximate surface area is 861 Å². The molecule has 2 fully saturated rings. The zero-order valence-corrected chi connectivity index (χ0v) is 89.4. The number of carbonyl (C=O) groups excluding carboxylic acids is 3. The van der Waals surface area contributed by atoms with Crippen LogP contribution in [0.3, 0.4) is 0 Å². The topological polar surface area (TPSA) is 494 Å². The molecule has 36 nitrogen and oxygen atoms in total. The number of hydrogen-bond donors (Lipinski definition) is 6. The molecule has 20 rings (SSSR count). The van der Waals surface area contributed by atoms with Crippen molar-refractivity contribution >= 4 is 195 Å². The number of H-pyrrole nitrogens is 2. The number of nitrogens with one attached hydrogen (secondary N) is 6. The van der Waals surface area contributed by atoms with Gasteiger partial charge in [-0.15, -0.1) is 38.0 Å². The van der Waals surface area contributed by atoms with Gasteiger partial charge < -0.3 is 10.2 Å². The van der Waals surface area contributed by atoms with Gasteiger partial charge in [-0.2, -0.15) is 48.8 Å². The molecule has 11 aliphatic rings. The summed E-state index contributed by atoms with van der Waals surface area (Å²) in [6, 6.07) is 47.6. The number of hydrogen-bond acceptors (Lipinski definition) is 31. The summed E-state index contributed by atoms with van der Waals surface area (Å²) in [5, 5.41) is 57.1. The minimum atomic E-state index is -3.60. The number of nitrogens with zero attached hydrogens (tertiary/aromatic N) is 15. The molecule has 4 aromatic heterocycles. The summed E-state index contributed by atoms with van der Waals surface area (Å²) < 4.78 is 129. The molecular weight excluding hydrogens is 2040 g/mol. The molecule has 2 saturated heterocycles. The number of sulfone groups is 3. The molecule has 46 heteroatoms. The molecule has 1 aliphatic carbocycles. The second-order valence-electron chi connectivity index (χ2n) is 37.1. The second kappa shape index (κ2) is 43.5. The van der Waals surface area contributed by atoms with Gasteiger partial charge in [-0.05, 0) is 231 Å². The minimum absolute atomic E-state index is 0.0405. The van der Waals surface area contributed by atoms with E-state index in [0.717, 1.165) is 151 Å². The average Bonchev–Trinajstić information content (AvgIpc) is 1.62. The lowest BCUT2D eigenvalue weighted by molar-refractivity contribution is -0.115. The number of amidine groups is 6. The van der Waals surface area contributed by atoms with Gasteiger partial charge in [0.2, 0.25) is 58.1 Å². The number of amides is 3. The monoisotopic (exact) mass is 2150 g/mol. The van der Waals surface area contributed by atoms with E-state index in [1.54, 1.807) is 63.2 Å². The quantitative estimate of drug-likeness (QED) is 0.0461. The van der Waals surface area contributed by atoms with Crippen LogP contribution in [0.1, 0.15) is 134 Å². The van der Waals surface area contributed by atoms with Crippen molar-refractivity contribution in [2.24, 2.45) is 48.0 Å². The van der Waals surface area contributed by atoms with Crippen molar-refractivity contribution in [2.75, 3.05) is 80.3 Å². The zero-order chi connectivity index (χ0) is 104. The zero-order valence-electron chi connectivity index (χ0n) is 81.2. The van der Waals surface area contributed by atoms with E-state index in [4.69, 9.17) is 16.2 Å². The fourth-order valence-electron chi connectivity index (χ4n) is 17.6. The molecule has 5 aromatic carbocycles. The first-order valence-corrected chi connectivity index (χ1v) is 58.8. The maximum atomic E-state index is 13.2. The number of aromatic amines is 2. The highest BCUT2D eigenvalue weighted by atomic mass is 32.3. The third-order valence-electron chi connectivity index (χ3n) is 25.0. The normalized spacial score (nSPS) is 20.1. The number of anilines is 2. The van der Waals surface area contributed by atoms with E-state index in [1.807, 2.05) is 111 Å². The molecule has 758 valence electrons. The highest BCUT2D eigenvalue weighted by Gasteiger charge is 2.45. The van der Waals surface area contributed by atoms with Crippen LogP contribution < -0.4 is 21.3 Å². The molecule has 6 N–H and O–H groups in total. The van der Waals surface area contributed by atoms with Crippen LogP contribution in [0.2, 0.25) is 0 Å². The van der Waals surface area contributed by atoms with E-state index in [1.165, 1.54) is 68.3 Å². The van der Waals surface area contributed by atoms with Gasteiger partial charge in [0, 0.05) is 107 Å². The number of aliphatic imine (C=N–C) groups is 3. The summed E-state index contributed by atoms with van der Waals surface area (Å²) in [7, 11) is -17.8. The van der Waals surface area contributed by atoms with E-state index >= 15 is 0 Å². The smallest absolute Gasteiger partial charge is 0.283 e. The summed E-state index contributed by atoms with van der Waals surface area (Å²) in [5.41, 5.74) is 16.8. The van der Waals surface area contributed by atoms with Gasteiger partial charge in [-0.1, -0.05) is 155 Å². The predicted molar refractivity (Wildman–Crippen MR) is 578 cm³/mol. The van der Waals surface area contributed by atoms with Crippen molar-refractivity contribution in [3.05, 3.63) is 268 Å². The van der Waals surface area contributed by atoms with E-state index in [-0.39, 0.29) is 115 Å². The number of fused-ring (bicyclic) bond motifs is 6. The van der Waals surface area contributed by atoms with Crippen molar-refractivity contribution in [2.45, 2.75) is 135 Å². The Morgan fingerprint density at radius 1 is 0.510 bits per heavy atom. The number of benzene rings is 5. The number of rotatable bonds is 17. The fourth-order valence-corrected chi connectivity index (χ4v) is 30.6. The number of piperazine rings is 1. The molecule has 10 aliphatic heterocycles. The molecule has 0 bridgehead atoms. The Kier molecular flexibility index (Phi) is 31.8. The van der Waals surface area contributed by atoms with Gasteiger partial charge >= 0.3 is 0 Å². The largest absolute Gasteiger partial charge is 0.381 e. The van der Waals surface area contributed by atoms with Crippen LogP contribution in [0.4, 0.5) is 11.4 Å². The highest BCUT2D eigenvalue weighted by Crippen LogP contribution is 2.44. The lowest BCUT2D eigenvalue weighted by Gasteiger charge is -2.36. The van der Waals surface area contributed by atoms with Gasteiger partial charge in [-0.25, -0.2) is 52.3 Å². The summed E-state index contributed by atoms with van der Waals surface area (Å²) in [6.07, 6.45) is 11.9. The number of piperidine rings is 1. The van der Waals surface area contributed by atoms with Crippen molar-refractivity contribution in [1.29, 1.82) is 16.2 Å². The first kappa shape index (κ1) is 106. The lowest BCUT2D eigenvalue weighted by atomic mass is 9.92. The van der Waals surface area contributed by atoms with Crippen LogP contribution in [-0.4, -0.2) is 231 Å². The summed E-state index contributed by atoms with van der Waals surface area (Å²) in [5.74, 6) is -2.12. The van der Waals surface area contributed by atoms with Gasteiger partial charge in [0.15, 0.2) is 17.5 Å². The standard InChI is InChI=1S/C23H26N4O3S2.C21H22N4O3S2.C20H23N5O3S2.C20H22N4O3S2.C15H14N4O3S2/c28-22-7-5-20(24-25-22)21-6-8-23(31-21)32(29,30)27-13-9-17(10-14-27)15-26-12-11-18-3-1-2-4-19(18)16-26;1-11(2)10-30(27,28)21-24-25-18(22)17(19(26)23-20(25)29-21)9-15-13(4)8-14-6-5-12(3)7-16(14)15;1-10(2)9-30(27,28)20-24-25-17(21)15(18(26)23-19(25)29-20)8-14-12(4)22-16-7-11(3)5-6-13(14)16;1-14-3-4-15(2)17(13-14)23-9-11-24(12-10-23)29(26,27)20-8-6-18(28-20)16-5-7-19(25)22-21-16;1-3-9-4-6-10(7-5-9)8-11-12(16)19-14(17-13(11)20)23-15(18-19)24(2,21)22/h1-8,17H,9-16H2,(H,25,28);5-9,11,15,22H,10H2,1-4H3;5-8,10,12,14,21-22H,9H2,1-4H3;3-8,13H,9-12H2,1-2H3,(H,22,25);4-8,16H,3H2,1-2H3/b;17-9-,22-18?;15-8-,21-17?;;11-8+,16-12?. The predicted octanol–water partition coefficient (Wildman–Crippen LogP) is 14.2. The summed E-state index contributed by atoms with van der Waals surface area (Å²) in [6.45, 7) is 27.9. The number of aromatic nitrogens is 4. The molecule has 0 spiro atoms. The van der Waals surface area contributed by atoms with Gasteiger partial charge in [0.05, 0.1) is 38.0 Å². The first-order chi connectivity index (χ1) is 68.7. The number of carbonyl (C=O) groups is 3. The fraction of sp³-hybridized carbons (Fsp3) is 0.333. The van der Waals surface area contributed by atoms with Crippen LogP contribution in [0.25, 0.3) is 33.3 Å². The van der Waals surface area contributed by atoms with Crippen molar-refractivity contribution in [1.82, 2.24) is 48.9 Å². The number of thiophene rings is 2. The Balaban J connectivity index is 0.000000130.